The van der Waals surface area contributed by atoms with Crippen LogP contribution in [0.15, 0.2) is 21.4 Å². The van der Waals surface area contributed by atoms with E-state index in [0.717, 1.165) is 21.4 Å². The van der Waals surface area contributed by atoms with Crippen molar-refractivity contribution in [1.82, 2.24) is 0 Å². The van der Waals surface area contributed by atoms with Crippen molar-refractivity contribution in [3.63, 3.8) is 0 Å². The summed E-state index contributed by atoms with van der Waals surface area (Å²) in [4.78, 5) is 32.0. The van der Waals surface area contributed by atoms with E-state index in [4.69, 9.17) is 40.5 Å². The minimum Gasteiger partial charge on any atom is -0.444 e. The summed E-state index contributed by atoms with van der Waals surface area (Å²) in [6, 6.07) is 0. The molecule has 14 heavy (non-hydrogen) atoms. The molecule has 0 aliphatic rings. The van der Waals surface area contributed by atoms with Crippen molar-refractivity contribution < 1.29 is 46.6 Å². The Morgan fingerprint density at radius 3 is 0.571 bits per heavy atom. The van der Waals surface area contributed by atoms with Crippen molar-refractivity contribution in [1.29, 1.82) is 0 Å². The third-order valence-corrected chi connectivity index (χ3v) is 0. The minimum atomic E-state index is 0. The summed E-state index contributed by atoms with van der Waals surface area (Å²) in [6.07, 6.45) is 0. The van der Waals surface area contributed by atoms with Crippen LogP contribution in [-0.4, -0.2) is 0 Å². The summed E-state index contributed by atoms with van der Waals surface area (Å²) in [5.41, 5.74) is 0. The molecule has 0 bridgehead atoms. The van der Waals surface area contributed by atoms with E-state index in [1.807, 2.05) is 0 Å². The van der Waals surface area contributed by atoms with E-state index in [9.17, 15) is 0 Å². The van der Waals surface area contributed by atoms with Crippen molar-refractivity contribution in [2.24, 2.45) is 21.4 Å². The summed E-state index contributed by atoms with van der Waals surface area (Å²) in [5.74, 6) is 0. The Labute approximate surface area is 108 Å². The third kappa shape index (κ3) is 1470. The van der Waals surface area contributed by atoms with E-state index < -0.39 is 0 Å². The SMILES string of the molecule is O=N[O-].O=N[O-].O=N[O-].O=N[O-].[Fe+3].[Na+]. The topological polar surface area (TPSA) is 210 Å². The van der Waals surface area contributed by atoms with Gasteiger partial charge in [-0.25, -0.2) is 0 Å². The van der Waals surface area contributed by atoms with Gasteiger partial charge in [0.05, 0.1) is 0 Å². The van der Waals surface area contributed by atoms with Crippen LogP contribution < -0.4 is 29.6 Å². The molecule has 0 fully saturated rings. The van der Waals surface area contributed by atoms with Crippen LogP contribution in [0.25, 0.3) is 0 Å². The molecule has 0 rings (SSSR count). The predicted octanol–water partition coefficient (Wildman–Crippen LogP) is -2.00. The van der Waals surface area contributed by atoms with Gasteiger partial charge in [-0.05, 0) is 0 Å². The summed E-state index contributed by atoms with van der Waals surface area (Å²) in [7, 11) is 0. The van der Waals surface area contributed by atoms with Gasteiger partial charge in [-0.2, -0.15) is 0 Å². The average Bonchev–Trinajstić information content (AvgIpc) is 1.92. The maximum absolute atomic E-state index is 8.00. The van der Waals surface area contributed by atoms with Crippen LogP contribution in [0.5, 0.6) is 0 Å². The zero-order valence-corrected chi connectivity index (χ0v) is 9.51. The van der Waals surface area contributed by atoms with Gasteiger partial charge < -0.3 is 40.5 Å². The van der Waals surface area contributed by atoms with Gasteiger partial charge in [-0.3, -0.25) is 0 Å². The first-order valence-electron chi connectivity index (χ1n) is 1.46. The summed E-state index contributed by atoms with van der Waals surface area (Å²) >= 11 is 0. The molecule has 0 spiro atoms. The molecule has 0 aliphatic heterocycles. The molecule has 0 saturated carbocycles. The second kappa shape index (κ2) is 154. The first-order chi connectivity index (χ1) is 5.66. The third-order valence-electron chi connectivity index (χ3n) is 0. The fourth-order valence-corrected chi connectivity index (χ4v) is 0. The first kappa shape index (κ1) is 38.0. The Balaban J connectivity index is -0.0000000145. The molecule has 0 amide bonds. The summed E-state index contributed by atoms with van der Waals surface area (Å²) in [6.45, 7) is 0. The van der Waals surface area contributed by atoms with Gasteiger partial charge in [0.25, 0.3) is 0 Å². The molecule has 0 aromatic heterocycles. The summed E-state index contributed by atoms with van der Waals surface area (Å²) < 4.78 is 0. The van der Waals surface area contributed by atoms with Gasteiger partial charge in [0.1, 0.15) is 0 Å². The van der Waals surface area contributed by atoms with E-state index >= 15 is 0 Å². The molecule has 77 valence electrons. The van der Waals surface area contributed by atoms with Crippen LogP contribution >= 0.6 is 0 Å². The molecule has 14 heteroatoms. The number of hydrogen-bond donors (Lipinski definition) is 0. The quantitative estimate of drug-likeness (QED) is 0.270. The van der Waals surface area contributed by atoms with Crippen molar-refractivity contribution in [3.8, 4) is 0 Å². The zero-order chi connectivity index (χ0) is 10.8. The number of hydrogen-bond acceptors (Lipinski definition) is 12. The van der Waals surface area contributed by atoms with Crippen LogP contribution in [0.2, 0.25) is 0 Å². The Kier molecular flexibility index (Phi) is 418. The van der Waals surface area contributed by atoms with Gasteiger partial charge in [0.15, 0.2) is 0 Å². The Morgan fingerprint density at radius 1 is 0.571 bits per heavy atom. The molecule has 0 heterocycles. The van der Waals surface area contributed by atoms with E-state index in [2.05, 4.69) is 0 Å². The molecule has 1 radical (unpaired) electrons. The Bertz CT molecular complexity index is 75.3. The molecule has 0 aliphatic carbocycles. The fourth-order valence-electron chi connectivity index (χ4n) is 0. The first-order valence-corrected chi connectivity index (χ1v) is 1.46. The van der Waals surface area contributed by atoms with Crippen molar-refractivity contribution in [3.05, 3.63) is 40.5 Å². The average molecular weight is 263 g/mol. The maximum atomic E-state index is 8.00. The second-order valence-corrected chi connectivity index (χ2v) is 0.298. The smallest absolute Gasteiger partial charge is 0.444 e. The van der Waals surface area contributed by atoms with Crippen LogP contribution in [0.4, 0.5) is 0 Å². The molecule has 12 nitrogen and oxygen atoms in total. The van der Waals surface area contributed by atoms with E-state index in [0.29, 0.717) is 0 Å². The molecule has 0 atom stereocenters. The zero-order valence-electron chi connectivity index (χ0n) is 6.41. The van der Waals surface area contributed by atoms with E-state index in [1.165, 1.54) is 0 Å². The minimum absolute atomic E-state index is 0. The number of nitrogens with zero attached hydrogens (tertiary/aromatic N) is 4. The van der Waals surface area contributed by atoms with Gasteiger partial charge in [0.2, 0.25) is 0 Å². The van der Waals surface area contributed by atoms with Crippen LogP contribution in [0.1, 0.15) is 0 Å². The predicted molar refractivity (Wildman–Crippen MR) is 36.6 cm³/mol. The Hall–Kier alpha value is -0.881. The molecular formula is FeN4NaO8. The van der Waals surface area contributed by atoms with E-state index in [1.54, 1.807) is 0 Å². The molecular weight excluding hydrogens is 263 g/mol. The van der Waals surface area contributed by atoms with Crippen molar-refractivity contribution in [2.45, 2.75) is 0 Å². The number of rotatable bonds is 0. The van der Waals surface area contributed by atoms with Gasteiger partial charge in [0, 0.05) is 0 Å². The molecule has 0 unspecified atom stereocenters. The second-order valence-electron chi connectivity index (χ2n) is 0.298. The maximum Gasteiger partial charge on any atom is 3.00 e. The fraction of sp³-hybridized carbons (Fsp3) is 0. The Morgan fingerprint density at radius 2 is 0.571 bits per heavy atom. The molecule has 0 aromatic rings. The van der Waals surface area contributed by atoms with Crippen LogP contribution in [-0.2, 0) is 17.1 Å². The molecule has 0 saturated heterocycles. The molecule has 0 aromatic carbocycles. The monoisotopic (exact) mass is 263 g/mol. The van der Waals surface area contributed by atoms with E-state index in [-0.39, 0.29) is 46.6 Å². The van der Waals surface area contributed by atoms with Crippen LogP contribution in [0, 0.1) is 40.5 Å². The van der Waals surface area contributed by atoms with Crippen molar-refractivity contribution >= 4 is 0 Å². The summed E-state index contributed by atoms with van der Waals surface area (Å²) in [5, 5.41) is 36.0. The standard InChI is InChI=1S/Fe.4HNO2.Na/c;4*2-1-3;/h;4*(H,2,3);/q+3;;;;;+1/p-4. The van der Waals surface area contributed by atoms with Gasteiger partial charge in [-0.1, -0.05) is 0 Å². The van der Waals surface area contributed by atoms with Gasteiger partial charge >= 0.3 is 46.6 Å². The normalized spacial score (nSPS) is 3.43. The van der Waals surface area contributed by atoms with Gasteiger partial charge in [-0.15, -0.1) is 21.4 Å². The van der Waals surface area contributed by atoms with Crippen molar-refractivity contribution in [2.75, 3.05) is 0 Å². The largest absolute Gasteiger partial charge is 3.00 e. The molecule has 0 N–H and O–H groups in total. The van der Waals surface area contributed by atoms with Crippen LogP contribution in [0.3, 0.4) is 0 Å².